The Morgan fingerprint density at radius 2 is 1.89 bits per heavy atom. The smallest absolute Gasteiger partial charge is 0.273 e. The minimum absolute atomic E-state index is 0.0187. The second-order valence-corrected chi connectivity index (χ2v) is 6.00. The third kappa shape index (κ3) is 4.39. The molecule has 2 N–H and O–H groups in total. The Hall–Kier alpha value is -3.46. The topological polar surface area (TPSA) is 103 Å². The molecule has 1 heterocycles. The van der Waals surface area contributed by atoms with Gasteiger partial charge in [-0.05, 0) is 53.7 Å². The first kappa shape index (κ1) is 18.3. The molecule has 0 spiro atoms. The maximum Gasteiger partial charge on any atom is 0.273 e. The molecule has 0 saturated carbocycles. The van der Waals surface area contributed by atoms with Crippen molar-refractivity contribution in [1.29, 1.82) is 0 Å². The molecule has 3 rings (SSSR count). The van der Waals surface area contributed by atoms with Crippen LogP contribution in [0.1, 0.15) is 11.1 Å². The van der Waals surface area contributed by atoms with Crippen molar-refractivity contribution in [3.63, 3.8) is 0 Å². The fraction of sp³-hybridized carbons (Fsp3) is 0.111. The van der Waals surface area contributed by atoms with Crippen molar-refractivity contribution in [2.75, 3.05) is 7.11 Å². The number of ether oxygens (including phenoxy) is 2. The Balaban J connectivity index is 1.77. The van der Waals surface area contributed by atoms with Crippen LogP contribution in [0.3, 0.4) is 0 Å². The van der Waals surface area contributed by atoms with Crippen molar-refractivity contribution in [3.8, 4) is 11.5 Å². The van der Waals surface area contributed by atoms with E-state index >= 15 is 0 Å². The minimum Gasteiger partial charge on any atom is -0.493 e. The lowest BCUT2D eigenvalue weighted by Gasteiger charge is -2.11. The molecule has 0 radical (unpaired) electrons. The van der Waals surface area contributed by atoms with E-state index in [1.165, 1.54) is 19.2 Å². The van der Waals surface area contributed by atoms with Crippen molar-refractivity contribution < 1.29 is 19.2 Å². The molecule has 1 aliphatic heterocycles. The standard InChI is InChI=1S/C18H15N3O5S/c1-25-15-7-4-12(8-14-17(22)20-18(27)19-14)9-16(15)26-10-11-2-5-13(6-3-11)21(23)24/h2-9H,10H2,1H3,(H2,19,20,22,27)/b14-8+. The molecule has 0 atom stereocenters. The number of hydrogen-bond acceptors (Lipinski definition) is 6. The summed E-state index contributed by atoms with van der Waals surface area (Å²) in [5, 5.41) is 16.2. The number of non-ortho nitro benzene ring substituents is 1. The van der Waals surface area contributed by atoms with Gasteiger partial charge in [-0.25, -0.2) is 0 Å². The fourth-order valence-electron chi connectivity index (χ4n) is 2.42. The van der Waals surface area contributed by atoms with E-state index in [1.807, 2.05) is 0 Å². The first-order valence-corrected chi connectivity index (χ1v) is 8.25. The molecule has 1 aliphatic rings. The van der Waals surface area contributed by atoms with Crippen LogP contribution in [0.5, 0.6) is 11.5 Å². The molecule has 8 nitrogen and oxygen atoms in total. The van der Waals surface area contributed by atoms with Crippen LogP contribution in [0.2, 0.25) is 0 Å². The third-order valence-corrected chi connectivity index (χ3v) is 3.96. The quantitative estimate of drug-likeness (QED) is 0.341. The van der Waals surface area contributed by atoms with Gasteiger partial charge in [0.15, 0.2) is 16.6 Å². The number of nitro groups is 1. The van der Waals surface area contributed by atoms with Gasteiger partial charge in [0.25, 0.3) is 11.6 Å². The Labute approximate surface area is 159 Å². The molecule has 138 valence electrons. The first-order valence-electron chi connectivity index (χ1n) is 7.84. The molecule has 9 heteroatoms. The summed E-state index contributed by atoms with van der Waals surface area (Å²) < 4.78 is 11.1. The number of rotatable bonds is 6. The van der Waals surface area contributed by atoms with Crippen molar-refractivity contribution in [2.24, 2.45) is 0 Å². The highest BCUT2D eigenvalue weighted by Gasteiger charge is 2.20. The SMILES string of the molecule is COc1ccc(/C=C2/NC(=S)NC2=O)cc1OCc1ccc([N+](=O)[O-])cc1. The van der Waals surface area contributed by atoms with E-state index in [0.29, 0.717) is 17.2 Å². The van der Waals surface area contributed by atoms with Crippen LogP contribution >= 0.6 is 12.2 Å². The third-order valence-electron chi connectivity index (χ3n) is 3.76. The molecule has 1 amide bonds. The molecular weight excluding hydrogens is 370 g/mol. The van der Waals surface area contributed by atoms with Gasteiger partial charge in [0.05, 0.1) is 12.0 Å². The van der Waals surface area contributed by atoms with E-state index in [9.17, 15) is 14.9 Å². The molecule has 1 saturated heterocycles. The zero-order valence-corrected chi connectivity index (χ0v) is 15.0. The summed E-state index contributed by atoms with van der Waals surface area (Å²) >= 11 is 4.90. The lowest BCUT2D eigenvalue weighted by atomic mass is 10.1. The number of carbonyl (C=O) groups is 1. The predicted octanol–water partition coefficient (Wildman–Crippen LogP) is 2.53. The average molecular weight is 385 g/mol. The number of benzene rings is 2. The molecule has 2 aromatic rings. The van der Waals surface area contributed by atoms with Crippen molar-refractivity contribution in [3.05, 3.63) is 69.4 Å². The second-order valence-electron chi connectivity index (χ2n) is 5.59. The van der Waals surface area contributed by atoms with E-state index < -0.39 is 4.92 Å². The van der Waals surface area contributed by atoms with Crippen LogP contribution in [-0.4, -0.2) is 23.1 Å². The Morgan fingerprint density at radius 1 is 1.15 bits per heavy atom. The summed E-state index contributed by atoms with van der Waals surface area (Å²) in [6.45, 7) is 0.206. The van der Waals surface area contributed by atoms with Gasteiger partial charge >= 0.3 is 0 Å². The molecular formula is C18H15N3O5S. The van der Waals surface area contributed by atoms with E-state index in [-0.39, 0.29) is 23.3 Å². The summed E-state index contributed by atoms with van der Waals surface area (Å²) in [5.41, 5.74) is 1.85. The van der Waals surface area contributed by atoms with Gasteiger partial charge in [-0.15, -0.1) is 0 Å². The summed E-state index contributed by atoms with van der Waals surface area (Å²) in [4.78, 5) is 22.0. The highest BCUT2D eigenvalue weighted by Crippen LogP contribution is 2.30. The normalized spacial score (nSPS) is 14.6. The largest absolute Gasteiger partial charge is 0.493 e. The Bertz CT molecular complexity index is 941. The van der Waals surface area contributed by atoms with Crippen LogP contribution in [0.25, 0.3) is 6.08 Å². The lowest BCUT2D eigenvalue weighted by Crippen LogP contribution is -2.21. The molecule has 1 fully saturated rings. The van der Waals surface area contributed by atoms with Gasteiger partial charge in [-0.2, -0.15) is 0 Å². The van der Waals surface area contributed by atoms with Crippen molar-refractivity contribution in [2.45, 2.75) is 6.61 Å². The van der Waals surface area contributed by atoms with Gasteiger partial charge in [-0.1, -0.05) is 6.07 Å². The molecule has 27 heavy (non-hydrogen) atoms. The fourth-order valence-corrected chi connectivity index (χ4v) is 2.62. The average Bonchev–Trinajstić information content (AvgIpc) is 2.97. The van der Waals surface area contributed by atoms with Gasteiger partial charge in [0.1, 0.15) is 12.3 Å². The summed E-state index contributed by atoms with van der Waals surface area (Å²) in [7, 11) is 1.52. The lowest BCUT2D eigenvalue weighted by molar-refractivity contribution is -0.384. The van der Waals surface area contributed by atoms with Gasteiger partial charge < -0.3 is 14.8 Å². The number of nitrogens with one attached hydrogen (secondary N) is 2. The van der Waals surface area contributed by atoms with Crippen molar-refractivity contribution in [1.82, 2.24) is 10.6 Å². The molecule has 2 aromatic carbocycles. The summed E-state index contributed by atoms with van der Waals surface area (Å²) in [6, 6.07) is 11.3. The van der Waals surface area contributed by atoms with Crippen LogP contribution in [0, 0.1) is 10.1 Å². The number of nitrogens with zero attached hydrogens (tertiary/aromatic N) is 1. The number of nitro benzene ring substituents is 1. The van der Waals surface area contributed by atoms with E-state index in [0.717, 1.165) is 11.1 Å². The van der Waals surface area contributed by atoms with Gasteiger partial charge in [-0.3, -0.25) is 20.2 Å². The monoisotopic (exact) mass is 385 g/mol. The molecule has 0 unspecified atom stereocenters. The highest BCUT2D eigenvalue weighted by atomic mass is 32.1. The van der Waals surface area contributed by atoms with E-state index in [1.54, 1.807) is 36.4 Å². The maximum absolute atomic E-state index is 11.7. The van der Waals surface area contributed by atoms with Gasteiger partial charge in [0.2, 0.25) is 0 Å². The highest BCUT2D eigenvalue weighted by molar-refractivity contribution is 7.80. The van der Waals surface area contributed by atoms with Crippen molar-refractivity contribution >= 4 is 35.0 Å². The molecule has 0 aliphatic carbocycles. The maximum atomic E-state index is 11.7. The zero-order chi connectivity index (χ0) is 19.4. The van der Waals surface area contributed by atoms with Crippen LogP contribution in [0.15, 0.2) is 48.2 Å². The Kier molecular flexibility index (Phi) is 5.32. The second kappa shape index (κ2) is 7.83. The Morgan fingerprint density at radius 3 is 2.48 bits per heavy atom. The summed E-state index contributed by atoms with van der Waals surface area (Å²) in [6.07, 6.45) is 1.65. The predicted molar refractivity (Wildman–Crippen MR) is 102 cm³/mol. The van der Waals surface area contributed by atoms with Crippen LogP contribution in [-0.2, 0) is 11.4 Å². The van der Waals surface area contributed by atoms with E-state index in [4.69, 9.17) is 21.7 Å². The number of hydrogen-bond donors (Lipinski definition) is 2. The minimum atomic E-state index is -0.455. The zero-order valence-electron chi connectivity index (χ0n) is 14.2. The molecule has 0 bridgehead atoms. The number of methoxy groups -OCH3 is 1. The number of amides is 1. The number of carbonyl (C=O) groups excluding carboxylic acids is 1. The van der Waals surface area contributed by atoms with Crippen LogP contribution < -0.4 is 20.1 Å². The number of thiocarbonyl (C=S) groups is 1. The van der Waals surface area contributed by atoms with E-state index in [2.05, 4.69) is 10.6 Å². The van der Waals surface area contributed by atoms with Gasteiger partial charge in [0, 0.05) is 12.1 Å². The first-order chi connectivity index (χ1) is 13.0. The van der Waals surface area contributed by atoms with Crippen LogP contribution in [0.4, 0.5) is 5.69 Å². The summed E-state index contributed by atoms with van der Waals surface area (Å²) in [5.74, 6) is 0.703. The molecule has 0 aromatic heterocycles.